The average Bonchev–Trinajstić information content (AvgIpc) is 3.26. The molecule has 8 heteroatoms. The van der Waals surface area contributed by atoms with Crippen molar-refractivity contribution in [1.29, 1.82) is 0 Å². The minimum Gasteiger partial charge on any atom is -0.497 e. The molecule has 1 aliphatic heterocycles. The molecule has 0 saturated carbocycles. The molecular weight excluding hydrogens is 394 g/mol. The lowest BCUT2D eigenvalue weighted by Gasteiger charge is -2.34. The van der Waals surface area contributed by atoms with Gasteiger partial charge in [-0.1, -0.05) is 20.8 Å². The highest BCUT2D eigenvalue weighted by molar-refractivity contribution is 5.79. The van der Waals surface area contributed by atoms with Crippen LogP contribution in [0.2, 0.25) is 0 Å². The smallest absolute Gasteiger partial charge is 0.213 e. The quantitative estimate of drug-likeness (QED) is 0.538. The number of benzene rings is 1. The van der Waals surface area contributed by atoms with Crippen molar-refractivity contribution in [3.05, 3.63) is 36.0 Å². The van der Waals surface area contributed by atoms with Gasteiger partial charge in [0.15, 0.2) is 5.96 Å². The number of nitrogens with one attached hydrogen (secondary N) is 2. The molecule has 170 valence electrons. The van der Waals surface area contributed by atoms with Gasteiger partial charge in [-0.2, -0.15) is 0 Å². The largest absolute Gasteiger partial charge is 0.497 e. The van der Waals surface area contributed by atoms with E-state index in [4.69, 9.17) is 13.9 Å². The standard InChI is InChI=1S/C23H35N5O3/c1-23(2,3)20-14-25-21(31-20)15-26-22(24-4)27-16-7-9-28(10-8-16)17-11-18(29-5)13-19(12-17)30-6/h11-14,16H,7-10,15H2,1-6H3,(H2,24,26,27). The van der Waals surface area contributed by atoms with Crippen LogP contribution in [-0.2, 0) is 12.0 Å². The van der Waals surface area contributed by atoms with Crippen molar-refractivity contribution < 1.29 is 13.9 Å². The fourth-order valence-corrected chi connectivity index (χ4v) is 3.54. The number of hydrogen-bond acceptors (Lipinski definition) is 6. The van der Waals surface area contributed by atoms with E-state index in [1.54, 1.807) is 27.5 Å². The Balaban J connectivity index is 1.51. The van der Waals surface area contributed by atoms with Crippen LogP contribution >= 0.6 is 0 Å². The molecule has 1 aromatic carbocycles. The van der Waals surface area contributed by atoms with Gasteiger partial charge in [0.05, 0.1) is 27.0 Å². The molecule has 0 unspecified atom stereocenters. The summed E-state index contributed by atoms with van der Waals surface area (Å²) < 4.78 is 16.7. The zero-order valence-electron chi connectivity index (χ0n) is 19.5. The second-order valence-corrected chi connectivity index (χ2v) is 8.77. The number of rotatable bonds is 6. The molecule has 0 bridgehead atoms. The van der Waals surface area contributed by atoms with Gasteiger partial charge in [-0.05, 0) is 12.8 Å². The Kier molecular flexibility index (Phi) is 7.30. The number of hydrogen-bond donors (Lipinski definition) is 2. The van der Waals surface area contributed by atoms with Gasteiger partial charge in [0, 0.05) is 55.5 Å². The Morgan fingerprint density at radius 2 is 1.81 bits per heavy atom. The van der Waals surface area contributed by atoms with Crippen molar-refractivity contribution in [2.45, 2.75) is 51.6 Å². The lowest BCUT2D eigenvalue weighted by Crippen LogP contribution is -2.48. The van der Waals surface area contributed by atoms with Crippen LogP contribution in [0.5, 0.6) is 11.5 Å². The van der Waals surface area contributed by atoms with E-state index in [0.717, 1.165) is 54.8 Å². The van der Waals surface area contributed by atoms with E-state index < -0.39 is 0 Å². The first-order valence-corrected chi connectivity index (χ1v) is 10.7. The molecule has 2 aromatic rings. The first kappa shape index (κ1) is 22.8. The molecule has 3 rings (SSSR count). The van der Waals surface area contributed by atoms with E-state index in [9.17, 15) is 0 Å². The highest BCUT2D eigenvalue weighted by Gasteiger charge is 2.22. The fourth-order valence-electron chi connectivity index (χ4n) is 3.54. The van der Waals surface area contributed by atoms with Crippen molar-refractivity contribution in [3.8, 4) is 11.5 Å². The molecule has 2 heterocycles. The Morgan fingerprint density at radius 3 is 2.32 bits per heavy atom. The summed E-state index contributed by atoms with van der Waals surface area (Å²) >= 11 is 0. The van der Waals surface area contributed by atoms with E-state index in [2.05, 4.69) is 58.4 Å². The number of guanidine groups is 1. The number of nitrogens with zero attached hydrogens (tertiary/aromatic N) is 3. The van der Waals surface area contributed by atoms with Gasteiger partial charge in [0.25, 0.3) is 0 Å². The molecule has 8 nitrogen and oxygen atoms in total. The van der Waals surface area contributed by atoms with Crippen LogP contribution in [0.15, 0.2) is 33.8 Å². The fraction of sp³-hybridized carbons (Fsp3) is 0.565. The molecule has 0 aliphatic carbocycles. The molecule has 31 heavy (non-hydrogen) atoms. The van der Waals surface area contributed by atoms with Crippen LogP contribution in [-0.4, -0.2) is 51.3 Å². The minimum absolute atomic E-state index is 0.0497. The normalized spacial score (nSPS) is 15.7. The number of ether oxygens (including phenoxy) is 2. The second-order valence-electron chi connectivity index (χ2n) is 8.77. The van der Waals surface area contributed by atoms with Gasteiger partial charge in [-0.15, -0.1) is 0 Å². The third kappa shape index (κ3) is 6.06. The van der Waals surface area contributed by atoms with Crippen LogP contribution in [0, 0.1) is 0 Å². The van der Waals surface area contributed by atoms with Crippen molar-refractivity contribution >= 4 is 11.6 Å². The zero-order valence-corrected chi connectivity index (χ0v) is 19.5. The van der Waals surface area contributed by atoms with E-state index in [1.165, 1.54) is 0 Å². The maximum absolute atomic E-state index is 5.85. The highest BCUT2D eigenvalue weighted by Crippen LogP contribution is 2.30. The summed E-state index contributed by atoms with van der Waals surface area (Å²) in [6.45, 7) is 8.72. The van der Waals surface area contributed by atoms with Gasteiger partial charge < -0.3 is 29.4 Å². The molecule has 1 aliphatic rings. The van der Waals surface area contributed by atoms with E-state index in [1.807, 2.05) is 6.07 Å². The van der Waals surface area contributed by atoms with E-state index >= 15 is 0 Å². The summed E-state index contributed by atoms with van der Waals surface area (Å²) in [6.07, 6.45) is 3.82. The van der Waals surface area contributed by atoms with Crippen LogP contribution in [0.25, 0.3) is 0 Å². The number of methoxy groups -OCH3 is 2. The Bertz CT molecular complexity index is 857. The van der Waals surface area contributed by atoms with Crippen LogP contribution in [0.4, 0.5) is 5.69 Å². The van der Waals surface area contributed by atoms with E-state index in [-0.39, 0.29) is 5.41 Å². The lowest BCUT2D eigenvalue weighted by molar-refractivity contribution is 0.378. The summed E-state index contributed by atoms with van der Waals surface area (Å²) in [5.74, 6) is 3.92. The molecule has 1 aromatic heterocycles. The monoisotopic (exact) mass is 429 g/mol. The molecule has 1 fully saturated rings. The lowest BCUT2D eigenvalue weighted by atomic mass is 9.94. The number of anilines is 1. The number of aliphatic imine (C=N–C) groups is 1. The molecule has 2 N–H and O–H groups in total. The Labute approximate surface area is 185 Å². The van der Waals surface area contributed by atoms with Gasteiger partial charge >= 0.3 is 0 Å². The third-order valence-corrected chi connectivity index (χ3v) is 5.46. The summed E-state index contributed by atoms with van der Waals surface area (Å²) in [7, 11) is 5.13. The number of oxazole rings is 1. The van der Waals surface area contributed by atoms with Crippen LogP contribution in [0.1, 0.15) is 45.3 Å². The number of piperidine rings is 1. The average molecular weight is 430 g/mol. The molecule has 0 spiro atoms. The van der Waals surface area contributed by atoms with E-state index in [0.29, 0.717) is 18.5 Å². The highest BCUT2D eigenvalue weighted by atomic mass is 16.5. The van der Waals surface area contributed by atoms with Crippen molar-refractivity contribution in [2.75, 3.05) is 39.3 Å². The molecule has 0 radical (unpaired) electrons. The predicted molar refractivity (Wildman–Crippen MR) is 123 cm³/mol. The van der Waals surface area contributed by atoms with Gasteiger partial charge in [0.2, 0.25) is 5.89 Å². The summed E-state index contributed by atoms with van der Waals surface area (Å²) in [5.41, 5.74) is 1.07. The van der Waals surface area contributed by atoms with Crippen LogP contribution < -0.4 is 25.0 Å². The number of aromatic nitrogens is 1. The van der Waals surface area contributed by atoms with Gasteiger partial charge in [-0.3, -0.25) is 4.99 Å². The maximum Gasteiger partial charge on any atom is 0.213 e. The molecular formula is C23H35N5O3. The predicted octanol–water partition coefficient (Wildman–Crippen LogP) is 3.32. The first-order valence-electron chi connectivity index (χ1n) is 10.7. The topological polar surface area (TPSA) is 84.2 Å². The SMILES string of the molecule is CN=C(NCc1ncc(C(C)(C)C)o1)NC1CCN(c2cc(OC)cc(OC)c2)CC1. The van der Waals surface area contributed by atoms with Gasteiger partial charge in [0.1, 0.15) is 17.3 Å². The van der Waals surface area contributed by atoms with Crippen molar-refractivity contribution in [1.82, 2.24) is 15.6 Å². The Morgan fingerprint density at radius 1 is 1.16 bits per heavy atom. The second kappa shape index (κ2) is 9.94. The first-order chi connectivity index (χ1) is 14.8. The minimum atomic E-state index is -0.0497. The maximum atomic E-state index is 5.85. The van der Waals surface area contributed by atoms with Crippen molar-refractivity contribution in [2.24, 2.45) is 4.99 Å². The summed E-state index contributed by atoms with van der Waals surface area (Å²) in [4.78, 5) is 11.1. The Hall–Kier alpha value is -2.90. The van der Waals surface area contributed by atoms with Crippen LogP contribution in [0.3, 0.4) is 0 Å². The molecule has 1 saturated heterocycles. The summed E-state index contributed by atoms with van der Waals surface area (Å²) in [6, 6.07) is 6.36. The molecule has 0 atom stereocenters. The molecule has 0 amide bonds. The van der Waals surface area contributed by atoms with Gasteiger partial charge in [-0.25, -0.2) is 4.98 Å². The summed E-state index contributed by atoms with van der Waals surface area (Å²) in [5, 5.41) is 6.83. The third-order valence-electron chi connectivity index (χ3n) is 5.46. The zero-order chi connectivity index (χ0) is 22.4. The van der Waals surface area contributed by atoms with Crippen molar-refractivity contribution in [3.63, 3.8) is 0 Å².